The largest absolute Gasteiger partial charge is 0.378 e. The molecule has 0 aromatic carbocycles. The Balaban J connectivity index is 1.75. The molecular weight excluding hydrogens is 274 g/mol. The van der Waals surface area contributed by atoms with Gasteiger partial charge >= 0.3 is 0 Å². The van der Waals surface area contributed by atoms with Crippen LogP contribution in [0.15, 0.2) is 5.38 Å². The van der Waals surface area contributed by atoms with E-state index >= 15 is 0 Å². The predicted molar refractivity (Wildman–Crippen MR) is 76.7 cm³/mol. The van der Waals surface area contributed by atoms with Gasteiger partial charge in [-0.25, -0.2) is 0 Å². The molecule has 2 aliphatic rings. The first-order chi connectivity index (χ1) is 9.69. The number of carbonyl (C=O) groups excluding carboxylic acids is 1. The highest BCUT2D eigenvalue weighted by Gasteiger charge is 2.58. The lowest BCUT2D eigenvalue weighted by atomic mass is 9.60. The third-order valence-corrected chi connectivity index (χ3v) is 5.52. The number of ether oxygens (including phenoxy) is 1. The average molecular weight is 295 g/mol. The lowest BCUT2D eigenvalue weighted by molar-refractivity contribution is -0.152. The normalized spacial score (nSPS) is 27.5. The highest BCUT2D eigenvalue weighted by molar-refractivity contribution is 7.03. The molecule has 5 nitrogen and oxygen atoms in total. The Hall–Kier alpha value is -1.01. The van der Waals surface area contributed by atoms with Gasteiger partial charge in [-0.1, -0.05) is 17.3 Å². The third-order valence-electron chi connectivity index (χ3n) is 5.01. The maximum Gasteiger partial charge on any atom is 0.275 e. The van der Waals surface area contributed by atoms with Crippen LogP contribution >= 0.6 is 11.5 Å². The minimum absolute atomic E-state index is 0.00928. The van der Waals surface area contributed by atoms with Crippen molar-refractivity contribution in [1.29, 1.82) is 0 Å². The lowest BCUT2D eigenvalue weighted by Crippen LogP contribution is -2.64. The molecule has 20 heavy (non-hydrogen) atoms. The van der Waals surface area contributed by atoms with Gasteiger partial charge in [-0.2, -0.15) is 0 Å². The fraction of sp³-hybridized carbons (Fsp3) is 0.786. The molecule has 2 unspecified atom stereocenters. The Morgan fingerprint density at radius 2 is 2.30 bits per heavy atom. The molecule has 6 heteroatoms. The highest BCUT2D eigenvalue weighted by atomic mass is 32.1. The summed E-state index contributed by atoms with van der Waals surface area (Å²) in [6.07, 6.45) is 6.13. The molecule has 1 aromatic rings. The van der Waals surface area contributed by atoms with Crippen molar-refractivity contribution in [3.05, 3.63) is 11.1 Å². The van der Waals surface area contributed by atoms with E-state index < -0.39 is 0 Å². The van der Waals surface area contributed by atoms with Crippen LogP contribution in [0.3, 0.4) is 0 Å². The molecule has 2 atom stereocenters. The van der Waals surface area contributed by atoms with Gasteiger partial charge in [0.2, 0.25) is 0 Å². The van der Waals surface area contributed by atoms with Crippen LogP contribution in [0.5, 0.6) is 0 Å². The molecular formula is C14H21N3O2S. The van der Waals surface area contributed by atoms with Gasteiger partial charge in [-0.3, -0.25) is 4.79 Å². The van der Waals surface area contributed by atoms with Gasteiger partial charge in [-0.05, 0) is 37.7 Å². The van der Waals surface area contributed by atoms with Gasteiger partial charge in [0.25, 0.3) is 5.91 Å². The van der Waals surface area contributed by atoms with Crippen molar-refractivity contribution >= 4 is 17.4 Å². The molecule has 0 N–H and O–H groups in total. The van der Waals surface area contributed by atoms with Crippen LogP contribution in [-0.4, -0.2) is 46.2 Å². The first kappa shape index (κ1) is 13.9. The quantitative estimate of drug-likeness (QED) is 0.855. The van der Waals surface area contributed by atoms with Crippen molar-refractivity contribution < 1.29 is 9.53 Å². The zero-order valence-corrected chi connectivity index (χ0v) is 12.9. The average Bonchev–Trinajstić information content (AvgIpc) is 3.13. The van der Waals surface area contributed by atoms with Crippen molar-refractivity contribution in [2.24, 2.45) is 5.41 Å². The Kier molecular flexibility index (Phi) is 3.77. The van der Waals surface area contributed by atoms with Gasteiger partial charge < -0.3 is 9.64 Å². The summed E-state index contributed by atoms with van der Waals surface area (Å²) < 4.78 is 9.68. The molecule has 1 amide bonds. The maximum atomic E-state index is 12.4. The molecule has 2 fully saturated rings. The number of hydrogen-bond acceptors (Lipinski definition) is 5. The summed E-state index contributed by atoms with van der Waals surface area (Å²) >= 11 is 1.22. The van der Waals surface area contributed by atoms with Crippen LogP contribution in [0.25, 0.3) is 0 Å². The molecule has 2 aliphatic carbocycles. The van der Waals surface area contributed by atoms with Gasteiger partial charge in [0.15, 0.2) is 5.69 Å². The summed E-state index contributed by atoms with van der Waals surface area (Å²) in [7, 11) is 1.90. The number of carbonyl (C=O) groups is 1. The molecule has 1 heterocycles. The smallest absolute Gasteiger partial charge is 0.275 e. The molecule has 110 valence electrons. The third kappa shape index (κ3) is 2.05. The second-order valence-corrected chi connectivity index (χ2v) is 6.45. The monoisotopic (exact) mass is 295 g/mol. The summed E-state index contributed by atoms with van der Waals surface area (Å²) in [5, 5.41) is 5.62. The van der Waals surface area contributed by atoms with Gasteiger partial charge in [0.1, 0.15) is 0 Å². The first-order valence-corrected chi connectivity index (χ1v) is 8.18. The van der Waals surface area contributed by atoms with E-state index in [-0.39, 0.29) is 17.4 Å². The Labute approximate surface area is 123 Å². The van der Waals surface area contributed by atoms with Crippen LogP contribution in [0.2, 0.25) is 0 Å². The SMILES string of the molecule is CCOC1CC(N(C)C(=O)c2csnn2)C12CCCC2. The summed E-state index contributed by atoms with van der Waals surface area (Å²) in [5.74, 6) is -0.00928. The summed E-state index contributed by atoms with van der Waals surface area (Å²) in [4.78, 5) is 14.3. The Morgan fingerprint density at radius 3 is 2.90 bits per heavy atom. The topological polar surface area (TPSA) is 55.3 Å². The van der Waals surface area contributed by atoms with E-state index in [1.807, 2.05) is 18.9 Å². The van der Waals surface area contributed by atoms with Crippen LogP contribution in [0.4, 0.5) is 0 Å². The molecule has 0 saturated heterocycles. The molecule has 2 saturated carbocycles. The molecule has 3 rings (SSSR count). The second-order valence-electron chi connectivity index (χ2n) is 5.84. The van der Waals surface area contributed by atoms with Crippen molar-refractivity contribution in [1.82, 2.24) is 14.5 Å². The van der Waals surface area contributed by atoms with Gasteiger partial charge in [0, 0.05) is 30.5 Å². The van der Waals surface area contributed by atoms with Crippen LogP contribution < -0.4 is 0 Å². The van der Waals surface area contributed by atoms with E-state index in [9.17, 15) is 4.79 Å². The highest BCUT2D eigenvalue weighted by Crippen LogP contribution is 2.56. The lowest BCUT2D eigenvalue weighted by Gasteiger charge is -2.56. The molecule has 0 aliphatic heterocycles. The molecule has 0 radical (unpaired) electrons. The predicted octanol–water partition coefficient (Wildman–Crippen LogP) is 2.35. The standard InChI is InChI=1S/C14H21N3O2S/c1-3-19-12-8-11(14(12)6-4-5-7-14)17(2)13(18)10-9-20-16-15-10/h9,11-12H,3-8H2,1-2H3. The number of nitrogens with zero attached hydrogens (tertiary/aromatic N) is 3. The molecule has 1 aromatic heterocycles. The van der Waals surface area contributed by atoms with E-state index in [1.165, 1.54) is 37.2 Å². The number of rotatable bonds is 4. The zero-order valence-electron chi connectivity index (χ0n) is 12.0. The van der Waals surface area contributed by atoms with E-state index in [2.05, 4.69) is 9.59 Å². The minimum Gasteiger partial charge on any atom is -0.378 e. The van der Waals surface area contributed by atoms with Crippen molar-refractivity contribution in [2.75, 3.05) is 13.7 Å². The Morgan fingerprint density at radius 1 is 1.55 bits per heavy atom. The first-order valence-electron chi connectivity index (χ1n) is 7.35. The van der Waals surface area contributed by atoms with Gasteiger partial charge in [0.05, 0.1) is 6.10 Å². The fourth-order valence-electron chi connectivity index (χ4n) is 3.97. The van der Waals surface area contributed by atoms with E-state index in [1.54, 1.807) is 5.38 Å². The van der Waals surface area contributed by atoms with E-state index in [4.69, 9.17) is 4.74 Å². The van der Waals surface area contributed by atoms with Crippen LogP contribution in [0, 0.1) is 5.41 Å². The fourth-order valence-corrected chi connectivity index (χ4v) is 4.40. The van der Waals surface area contributed by atoms with Crippen molar-refractivity contribution in [3.63, 3.8) is 0 Å². The zero-order chi connectivity index (χ0) is 14.2. The number of aromatic nitrogens is 2. The second kappa shape index (κ2) is 5.41. The summed E-state index contributed by atoms with van der Waals surface area (Å²) in [6.45, 7) is 2.80. The summed E-state index contributed by atoms with van der Waals surface area (Å²) in [5.41, 5.74) is 0.648. The van der Waals surface area contributed by atoms with E-state index in [0.717, 1.165) is 13.0 Å². The Bertz CT molecular complexity index is 471. The van der Waals surface area contributed by atoms with Crippen molar-refractivity contribution in [3.8, 4) is 0 Å². The minimum atomic E-state index is -0.00928. The van der Waals surface area contributed by atoms with Crippen molar-refractivity contribution in [2.45, 2.75) is 51.2 Å². The van der Waals surface area contributed by atoms with Gasteiger partial charge in [-0.15, -0.1) is 5.10 Å². The number of hydrogen-bond donors (Lipinski definition) is 0. The number of amides is 1. The molecule has 1 spiro atoms. The van der Waals surface area contributed by atoms with E-state index in [0.29, 0.717) is 11.8 Å². The maximum absolute atomic E-state index is 12.4. The molecule has 0 bridgehead atoms. The summed E-state index contributed by atoms with van der Waals surface area (Å²) in [6, 6.07) is 0.288. The van der Waals surface area contributed by atoms with Crippen LogP contribution in [0.1, 0.15) is 49.5 Å². The van der Waals surface area contributed by atoms with Crippen LogP contribution in [-0.2, 0) is 4.74 Å².